The van der Waals surface area contributed by atoms with E-state index >= 15 is 0 Å². The highest BCUT2D eigenvalue weighted by Gasteiger charge is 2.10. The number of aryl methyl sites for hydroxylation is 1. The summed E-state index contributed by atoms with van der Waals surface area (Å²) in [6.45, 7) is 2.49. The Morgan fingerprint density at radius 2 is 1.77 bits per heavy atom. The Morgan fingerprint density at radius 3 is 2.50 bits per heavy atom. The molecule has 26 heavy (non-hydrogen) atoms. The third-order valence-corrected chi connectivity index (χ3v) is 3.71. The maximum atomic E-state index is 12.0. The Hall–Kier alpha value is -3.48. The van der Waals surface area contributed by atoms with Gasteiger partial charge in [0.25, 0.3) is 5.91 Å². The zero-order valence-corrected chi connectivity index (χ0v) is 14.3. The molecule has 0 atom stereocenters. The molecule has 3 rings (SSSR count). The molecule has 2 N–H and O–H groups in total. The Morgan fingerprint density at radius 1 is 1.04 bits per heavy atom. The Labute approximate surface area is 151 Å². The Balaban J connectivity index is 1.50. The maximum Gasteiger partial charge on any atom is 0.258 e. The lowest BCUT2D eigenvalue weighted by molar-refractivity contribution is -0.122. The summed E-state index contributed by atoms with van der Waals surface area (Å²) in [5.41, 5.74) is 2.71. The van der Waals surface area contributed by atoms with E-state index in [1.165, 1.54) is 16.6 Å². The SMILES string of the molecule is Cc1ccc(CNC(=O)Cn2cnc(NC(=O)c3ccccc3)n2)cc1. The van der Waals surface area contributed by atoms with Crippen LogP contribution in [0.4, 0.5) is 5.95 Å². The molecule has 0 unspecified atom stereocenters. The lowest BCUT2D eigenvalue weighted by Gasteiger charge is -2.05. The summed E-state index contributed by atoms with van der Waals surface area (Å²) >= 11 is 0. The molecule has 1 heterocycles. The quantitative estimate of drug-likeness (QED) is 0.714. The van der Waals surface area contributed by atoms with Crippen molar-refractivity contribution in [1.29, 1.82) is 0 Å². The van der Waals surface area contributed by atoms with Crippen molar-refractivity contribution < 1.29 is 9.59 Å². The number of rotatable bonds is 6. The third kappa shape index (κ3) is 4.76. The number of hydrogen-bond donors (Lipinski definition) is 2. The first-order valence-corrected chi connectivity index (χ1v) is 8.18. The van der Waals surface area contributed by atoms with Gasteiger partial charge in [0.15, 0.2) is 0 Å². The zero-order chi connectivity index (χ0) is 18.4. The summed E-state index contributed by atoms with van der Waals surface area (Å²) in [5, 5.41) is 9.52. The lowest BCUT2D eigenvalue weighted by Crippen LogP contribution is -2.27. The number of carbonyl (C=O) groups is 2. The van der Waals surface area contributed by atoms with Crippen LogP contribution in [-0.2, 0) is 17.9 Å². The molecule has 0 radical (unpaired) electrons. The summed E-state index contributed by atoms with van der Waals surface area (Å²) in [6, 6.07) is 16.7. The molecule has 0 fully saturated rings. The molecule has 7 heteroatoms. The first-order chi connectivity index (χ1) is 12.6. The maximum absolute atomic E-state index is 12.0. The highest BCUT2D eigenvalue weighted by atomic mass is 16.2. The summed E-state index contributed by atoms with van der Waals surface area (Å²) in [4.78, 5) is 28.1. The minimum atomic E-state index is -0.299. The molecule has 2 amide bonds. The molecule has 0 spiro atoms. The highest BCUT2D eigenvalue weighted by Crippen LogP contribution is 2.04. The monoisotopic (exact) mass is 349 g/mol. The second-order valence-electron chi connectivity index (χ2n) is 5.85. The van der Waals surface area contributed by atoms with Crippen molar-refractivity contribution in [3.8, 4) is 0 Å². The predicted octanol–water partition coefficient (Wildman–Crippen LogP) is 2.16. The average molecular weight is 349 g/mol. The van der Waals surface area contributed by atoms with Gasteiger partial charge in [-0.2, -0.15) is 0 Å². The molecular weight excluding hydrogens is 330 g/mol. The summed E-state index contributed by atoms with van der Waals surface area (Å²) in [6.07, 6.45) is 1.41. The van der Waals surface area contributed by atoms with Gasteiger partial charge in [-0.05, 0) is 24.6 Å². The molecule has 132 valence electrons. The Kier molecular flexibility index (Phi) is 5.38. The van der Waals surface area contributed by atoms with Crippen molar-refractivity contribution in [2.75, 3.05) is 5.32 Å². The van der Waals surface area contributed by atoms with E-state index in [1.807, 2.05) is 37.3 Å². The van der Waals surface area contributed by atoms with Crippen LogP contribution >= 0.6 is 0 Å². The van der Waals surface area contributed by atoms with E-state index in [0.29, 0.717) is 12.1 Å². The van der Waals surface area contributed by atoms with E-state index in [4.69, 9.17) is 0 Å². The lowest BCUT2D eigenvalue weighted by atomic mass is 10.1. The van der Waals surface area contributed by atoms with Crippen molar-refractivity contribution in [2.24, 2.45) is 0 Å². The number of benzene rings is 2. The van der Waals surface area contributed by atoms with Crippen LogP contribution in [0.1, 0.15) is 21.5 Å². The molecule has 0 aliphatic carbocycles. The van der Waals surface area contributed by atoms with Crippen molar-refractivity contribution in [2.45, 2.75) is 20.0 Å². The van der Waals surface area contributed by atoms with E-state index in [9.17, 15) is 9.59 Å². The summed E-state index contributed by atoms with van der Waals surface area (Å²) in [7, 11) is 0. The second-order valence-corrected chi connectivity index (χ2v) is 5.85. The van der Waals surface area contributed by atoms with Gasteiger partial charge < -0.3 is 5.32 Å². The molecule has 0 aliphatic rings. The second kappa shape index (κ2) is 8.06. The highest BCUT2D eigenvalue weighted by molar-refractivity contribution is 6.03. The van der Waals surface area contributed by atoms with Crippen LogP contribution in [0.3, 0.4) is 0 Å². The zero-order valence-electron chi connectivity index (χ0n) is 14.3. The van der Waals surface area contributed by atoms with Crippen LogP contribution in [0.5, 0.6) is 0 Å². The molecule has 0 bridgehead atoms. The van der Waals surface area contributed by atoms with Gasteiger partial charge in [0.2, 0.25) is 11.9 Å². The fourth-order valence-electron chi connectivity index (χ4n) is 2.30. The first-order valence-electron chi connectivity index (χ1n) is 8.18. The molecule has 0 saturated heterocycles. The van der Waals surface area contributed by atoms with Crippen LogP contribution in [0.15, 0.2) is 60.9 Å². The van der Waals surface area contributed by atoms with Crippen molar-refractivity contribution >= 4 is 17.8 Å². The molecule has 0 saturated carbocycles. The minimum absolute atomic E-state index is 0.0278. The number of anilines is 1. The number of amides is 2. The van der Waals surface area contributed by atoms with Gasteiger partial charge in [0.1, 0.15) is 12.9 Å². The van der Waals surface area contributed by atoms with Gasteiger partial charge in [-0.3, -0.25) is 14.9 Å². The van der Waals surface area contributed by atoms with E-state index in [1.54, 1.807) is 24.3 Å². The molecule has 2 aromatic carbocycles. The van der Waals surface area contributed by atoms with E-state index in [-0.39, 0.29) is 24.3 Å². The van der Waals surface area contributed by atoms with Crippen LogP contribution < -0.4 is 10.6 Å². The van der Waals surface area contributed by atoms with Crippen LogP contribution in [0.25, 0.3) is 0 Å². The molecule has 3 aromatic rings. The molecule has 1 aromatic heterocycles. The third-order valence-electron chi connectivity index (χ3n) is 3.71. The normalized spacial score (nSPS) is 10.3. The predicted molar refractivity (Wildman–Crippen MR) is 97.4 cm³/mol. The largest absolute Gasteiger partial charge is 0.350 e. The Bertz CT molecular complexity index is 888. The fourth-order valence-corrected chi connectivity index (χ4v) is 2.30. The number of carbonyl (C=O) groups excluding carboxylic acids is 2. The van der Waals surface area contributed by atoms with Gasteiger partial charge in [0, 0.05) is 12.1 Å². The standard InChI is InChI=1S/C19H19N5O2/c1-14-7-9-15(10-8-14)11-20-17(25)12-24-13-21-19(23-24)22-18(26)16-5-3-2-4-6-16/h2-10,13H,11-12H2,1H3,(H,20,25)(H,22,23,26). The van der Waals surface area contributed by atoms with Gasteiger partial charge in [-0.25, -0.2) is 9.67 Å². The summed E-state index contributed by atoms with van der Waals surface area (Å²) < 4.78 is 1.38. The minimum Gasteiger partial charge on any atom is -0.350 e. The van der Waals surface area contributed by atoms with Crippen LogP contribution in [0.2, 0.25) is 0 Å². The topological polar surface area (TPSA) is 88.9 Å². The molecular formula is C19H19N5O2. The van der Waals surface area contributed by atoms with Crippen molar-refractivity contribution in [3.05, 3.63) is 77.6 Å². The molecule has 0 aliphatic heterocycles. The first kappa shape index (κ1) is 17.3. The number of nitrogens with one attached hydrogen (secondary N) is 2. The summed E-state index contributed by atoms with van der Waals surface area (Å²) in [5.74, 6) is -0.325. The molecule has 7 nitrogen and oxygen atoms in total. The van der Waals surface area contributed by atoms with Gasteiger partial charge in [0.05, 0.1) is 0 Å². The van der Waals surface area contributed by atoms with E-state index < -0.39 is 0 Å². The number of nitrogens with zero attached hydrogens (tertiary/aromatic N) is 3. The van der Waals surface area contributed by atoms with Crippen molar-refractivity contribution in [3.63, 3.8) is 0 Å². The van der Waals surface area contributed by atoms with Gasteiger partial charge in [-0.15, -0.1) is 5.10 Å². The van der Waals surface area contributed by atoms with Crippen molar-refractivity contribution in [1.82, 2.24) is 20.1 Å². The number of hydrogen-bond acceptors (Lipinski definition) is 4. The average Bonchev–Trinajstić information content (AvgIpc) is 3.08. The van der Waals surface area contributed by atoms with E-state index in [2.05, 4.69) is 20.7 Å². The number of aromatic nitrogens is 3. The smallest absolute Gasteiger partial charge is 0.258 e. The van der Waals surface area contributed by atoms with Crippen LogP contribution in [0, 0.1) is 6.92 Å². The van der Waals surface area contributed by atoms with E-state index in [0.717, 1.165) is 5.56 Å². The van der Waals surface area contributed by atoms with Gasteiger partial charge >= 0.3 is 0 Å². The van der Waals surface area contributed by atoms with Crippen LogP contribution in [-0.4, -0.2) is 26.6 Å². The fraction of sp³-hybridized carbons (Fsp3) is 0.158. The van der Waals surface area contributed by atoms with Gasteiger partial charge in [-0.1, -0.05) is 48.0 Å².